The van der Waals surface area contributed by atoms with E-state index in [2.05, 4.69) is 81.3 Å². The van der Waals surface area contributed by atoms with Crippen molar-refractivity contribution in [2.45, 2.75) is 58.5 Å². The Hall–Kier alpha value is -0.325. The monoisotopic (exact) mass is 477 g/mol. The Balaban J connectivity index is 3.33. The first-order valence-electron chi connectivity index (χ1n) is 8.58. The van der Waals surface area contributed by atoms with Gasteiger partial charge in [0, 0.05) is 23.2 Å². The largest absolute Gasteiger partial charge is 0.507 e. The summed E-state index contributed by atoms with van der Waals surface area (Å²) in [4.78, 5) is 12.7. The minimum atomic E-state index is -0.291. The van der Waals surface area contributed by atoms with Crippen LogP contribution in [0.15, 0.2) is 12.1 Å². The second-order valence-corrected chi connectivity index (χ2v) is 13.3. The highest BCUT2D eigenvalue weighted by molar-refractivity contribution is 14.2. The third-order valence-corrected chi connectivity index (χ3v) is 7.39. The zero-order chi connectivity index (χ0) is 19.4. The molecule has 25 heavy (non-hydrogen) atoms. The van der Waals surface area contributed by atoms with Crippen LogP contribution in [0.5, 0.6) is 5.75 Å². The second-order valence-electron chi connectivity index (χ2n) is 7.49. The molecule has 4 nitrogen and oxygen atoms in total. The van der Waals surface area contributed by atoms with Crippen LogP contribution in [0, 0.1) is 0 Å². The molecule has 0 heterocycles. The smallest absolute Gasteiger partial charge is 0.293 e. The Morgan fingerprint density at radius 2 is 2.04 bits per heavy atom. The molecule has 3 atom stereocenters. The zero-order valence-electron chi connectivity index (χ0n) is 16.3. The molecular formula is C18H30BINO3P. The number of carbonyl (C=O) groups is 1. The van der Waals surface area contributed by atoms with E-state index in [0.29, 0.717) is 18.8 Å². The van der Waals surface area contributed by atoms with Crippen LogP contribution in [0.2, 0.25) is 0 Å². The van der Waals surface area contributed by atoms with Crippen LogP contribution in [0.4, 0.5) is 0 Å². The van der Waals surface area contributed by atoms with Gasteiger partial charge in [-0.1, -0.05) is 55.2 Å². The van der Waals surface area contributed by atoms with Gasteiger partial charge in [-0.3, -0.25) is 9.69 Å². The molecule has 1 aromatic rings. The number of hydrogen-bond donors (Lipinski definition) is 1. The van der Waals surface area contributed by atoms with Gasteiger partial charge in [-0.15, -0.1) is 0 Å². The third kappa shape index (κ3) is 5.83. The van der Waals surface area contributed by atoms with Gasteiger partial charge in [-0.2, -0.15) is 0 Å². The van der Waals surface area contributed by atoms with Crippen molar-refractivity contribution < 1.29 is 14.6 Å². The molecule has 7 heteroatoms. The topological polar surface area (TPSA) is 49.8 Å². The van der Waals surface area contributed by atoms with E-state index in [-0.39, 0.29) is 22.9 Å². The predicted molar refractivity (Wildman–Crippen MR) is 118 cm³/mol. The molecule has 0 saturated carbocycles. The quantitative estimate of drug-likeness (QED) is 0.269. The van der Waals surface area contributed by atoms with Gasteiger partial charge in [0.05, 0.1) is 0 Å². The first-order chi connectivity index (χ1) is 11.5. The molecule has 0 fully saturated rings. The van der Waals surface area contributed by atoms with Crippen LogP contribution in [0.3, 0.4) is 0 Å². The Morgan fingerprint density at radius 1 is 1.44 bits per heavy atom. The van der Waals surface area contributed by atoms with E-state index < -0.39 is 0 Å². The van der Waals surface area contributed by atoms with Crippen molar-refractivity contribution in [1.29, 1.82) is 0 Å². The van der Waals surface area contributed by atoms with Gasteiger partial charge >= 0.3 is 0 Å². The average Bonchev–Trinajstić information content (AvgIpc) is 2.53. The minimum absolute atomic E-state index is 0.0209. The number of likely N-dealkylation sites (N-methyl/N-ethyl adjacent to an activating group) is 1. The lowest BCUT2D eigenvalue weighted by atomic mass is 9.84. The molecule has 1 rings (SSSR count). The van der Waals surface area contributed by atoms with E-state index in [1.807, 2.05) is 7.05 Å². The van der Waals surface area contributed by atoms with Crippen molar-refractivity contribution in [2.24, 2.45) is 0 Å². The summed E-state index contributed by atoms with van der Waals surface area (Å²) in [6, 6.07) is 4.42. The lowest BCUT2D eigenvalue weighted by Crippen LogP contribution is -2.37. The van der Waals surface area contributed by atoms with Crippen LogP contribution >= 0.6 is 27.5 Å². The molecule has 0 spiro atoms. The van der Waals surface area contributed by atoms with E-state index in [1.165, 1.54) is 5.30 Å². The highest BCUT2D eigenvalue weighted by Gasteiger charge is 2.27. The number of nitrogens with zero attached hydrogens (tertiary/aromatic N) is 1. The SMILES string of the molecule is BP(I)c1cc(C(C)N(C)C(CC)COC=O)c(O)c(C(C)(C)C)c1. The van der Waals surface area contributed by atoms with E-state index in [9.17, 15) is 9.90 Å². The summed E-state index contributed by atoms with van der Waals surface area (Å²) >= 11 is 2.47. The third-order valence-electron chi connectivity index (χ3n) is 4.75. The summed E-state index contributed by atoms with van der Waals surface area (Å²) < 4.78 is 4.98. The Bertz CT molecular complexity index is 592. The Morgan fingerprint density at radius 3 is 2.48 bits per heavy atom. The lowest BCUT2D eigenvalue weighted by molar-refractivity contribution is -0.130. The fourth-order valence-corrected chi connectivity index (χ4v) is 4.38. The van der Waals surface area contributed by atoms with Gasteiger partial charge < -0.3 is 9.84 Å². The van der Waals surface area contributed by atoms with Gasteiger partial charge in [0.25, 0.3) is 6.47 Å². The Kier molecular flexibility index (Phi) is 8.69. The summed E-state index contributed by atoms with van der Waals surface area (Å²) in [5, 5.41) is 12.3. The molecule has 3 unspecified atom stereocenters. The van der Waals surface area contributed by atoms with Gasteiger partial charge in [0.15, 0.2) is 7.57 Å². The second kappa shape index (κ2) is 9.56. The molecule has 0 amide bonds. The highest BCUT2D eigenvalue weighted by Crippen LogP contribution is 2.43. The van der Waals surface area contributed by atoms with Crippen molar-refractivity contribution in [3.8, 4) is 5.75 Å². The number of phenolic OH excluding ortho intramolecular Hbond substituents is 1. The molecule has 0 radical (unpaired) electrons. The molecule has 1 aromatic carbocycles. The van der Waals surface area contributed by atoms with E-state index >= 15 is 0 Å². The Labute approximate surface area is 167 Å². The minimum Gasteiger partial charge on any atom is -0.507 e. The first kappa shape index (κ1) is 22.7. The van der Waals surface area contributed by atoms with E-state index in [1.54, 1.807) is 0 Å². The van der Waals surface area contributed by atoms with Crippen molar-refractivity contribution >= 4 is 46.8 Å². The fraction of sp³-hybridized carbons (Fsp3) is 0.611. The molecule has 140 valence electrons. The summed E-state index contributed by atoms with van der Waals surface area (Å²) in [5.41, 5.74) is 1.52. The lowest BCUT2D eigenvalue weighted by Gasteiger charge is -2.34. The molecule has 0 aromatic heterocycles. The first-order valence-corrected chi connectivity index (χ1v) is 13.2. The fourth-order valence-electron chi connectivity index (χ4n) is 2.92. The van der Waals surface area contributed by atoms with Crippen molar-refractivity contribution in [1.82, 2.24) is 4.90 Å². The van der Waals surface area contributed by atoms with Crippen LogP contribution in [-0.2, 0) is 14.9 Å². The van der Waals surface area contributed by atoms with Crippen molar-refractivity contribution in [3.63, 3.8) is 0 Å². The highest BCUT2D eigenvalue weighted by atomic mass is 127. The maximum absolute atomic E-state index is 11.0. The molecule has 0 saturated heterocycles. The average molecular weight is 477 g/mol. The van der Waals surface area contributed by atoms with E-state index in [4.69, 9.17) is 4.74 Å². The number of phenols is 1. The summed E-state index contributed by atoms with van der Waals surface area (Å²) in [6.07, 6.45) is 0.869. The molecule has 0 bridgehead atoms. The normalized spacial score (nSPS) is 15.7. The maximum atomic E-state index is 11.0. The molecule has 0 aliphatic heterocycles. The summed E-state index contributed by atoms with van der Waals surface area (Å²) in [7, 11) is 4.24. The number of halogens is 1. The number of hydrogen-bond acceptors (Lipinski definition) is 4. The number of carbonyl (C=O) groups excluding carboxylic acids is 1. The van der Waals surface area contributed by atoms with Crippen molar-refractivity contribution in [3.05, 3.63) is 23.3 Å². The molecule has 0 aliphatic carbocycles. The van der Waals surface area contributed by atoms with E-state index in [0.717, 1.165) is 17.5 Å². The van der Waals surface area contributed by atoms with Gasteiger partial charge in [-0.25, -0.2) is 0 Å². The predicted octanol–water partition coefficient (Wildman–Crippen LogP) is 3.64. The standard InChI is InChI=1S/C18H30BINO3P/c1-7-13(10-24-11-22)21(6)12(2)15-8-14(25(19)20)9-16(17(15)23)18(3,4)5/h8-9,11-13,23H,7,10,19H2,1-6H3. The molecule has 0 aliphatic rings. The summed E-state index contributed by atoms with van der Waals surface area (Å²) in [5.74, 6) is 0.384. The van der Waals surface area contributed by atoms with Gasteiger partial charge in [-0.05, 0) is 43.2 Å². The number of aromatic hydroxyl groups is 1. The van der Waals surface area contributed by atoms with Crippen LogP contribution in [0.25, 0.3) is 0 Å². The number of rotatable bonds is 8. The van der Waals surface area contributed by atoms with Gasteiger partial charge in [0.1, 0.15) is 12.4 Å². The molecular weight excluding hydrogens is 447 g/mol. The van der Waals surface area contributed by atoms with Crippen LogP contribution in [-0.4, -0.2) is 43.7 Å². The molecule has 1 N–H and O–H groups in total. The zero-order valence-corrected chi connectivity index (χ0v) is 19.4. The maximum Gasteiger partial charge on any atom is 0.293 e. The van der Waals surface area contributed by atoms with Crippen LogP contribution < -0.4 is 5.30 Å². The summed E-state index contributed by atoms with van der Waals surface area (Å²) in [6.45, 7) is 11.4. The number of ether oxygens (including phenoxy) is 1. The van der Waals surface area contributed by atoms with Crippen molar-refractivity contribution in [2.75, 3.05) is 13.7 Å². The number of benzene rings is 1. The van der Waals surface area contributed by atoms with Crippen LogP contribution in [0.1, 0.15) is 58.2 Å². The van der Waals surface area contributed by atoms with Gasteiger partial charge in [0.2, 0.25) is 0 Å².